The Balaban J connectivity index is 2.12. The highest BCUT2D eigenvalue weighted by atomic mass is 35.5. The van der Waals surface area contributed by atoms with Gasteiger partial charge in [-0.3, -0.25) is 5.32 Å². The van der Waals surface area contributed by atoms with Crippen molar-refractivity contribution in [3.05, 3.63) is 71.5 Å². The summed E-state index contributed by atoms with van der Waals surface area (Å²) in [5.74, 6) is -2.07. The van der Waals surface area contributed by atoms with Gasteiger partial charge in [0.2, 0.25) is 15.7 Å². The second-order valence-corrected chi connectivity index (χ2v) is 8.89. The molecule has 2 aromatic heterocycles. The van der Waals surface area contributed by atoms with E-state index in [1.54, 1.807) is 24.3 Å². The molecule has 1 atom stereocenters. The smallest absolute Gasteiger partial charge is 0.332 e. The number of aromatic nitrogens is 3. The molecule has 11 nitrogen and oxygen atoms in total. The molecule has 0 saturated heterocycles. The number of nitrogens with zero attached hydrogens (tertiary/aromatic N) is 3. The van der Waals surface area contributed by atoms with Crippen molar-refractivity contribution in [3.8, 4) is 11.6 Å². The SMILES string of the molecule is CNC(OC(=O)/C=C/C(=O)O)c1cc(S(=O)(=O)c2ccc(OC)nc2)n(-c2ccccc2Cl)n1. The highest BCUT2D eigenvalue weighted by Crippen LogP contribution is 2.30. The molecule has 178 valence electrons. The highest BCUT2D eigenvalue weighted by Gasteiger charge is 2.29. The number of aliphatic carboxylic acids is 1. The van der Waals surface area contributed by atoms with Gasteiger partial charge in [0.15, 0.2) is 11.3 Å². The Bertz CT molecular complexity index is 1340. The monoisotopic (exact) mass is 506 g/mol. The normalized spacial score (nSPS) is 12.4. The molecule has 3 rings (SSSR count). The van der Waals surface area contributed by atoms with Crippen molar-refractivity contribution in [2.75, 3.05) is 14.2 Å². The van der Waals surface area contributed by atoms with E-state index in [4.69, 9.17) is 26.2 Å². The zero-order valence-corrected chi connectivity index (χ0v) is 19.4. The van der Waals surface area contributed by atoms with Crippen LogP contribution in [-0.2, 0) is 24.2 Å². The van der Waals surface area contributed by atoms with E-state index in [9.17, 15) is 18.0 Å². The van der Waals surface area contributed by atoms with E-state index in [0.717, 1.165) is 17.0 Å². The van der Waals surface area contributed by atoms with E-state index in [1.807, 2.05) is 0 Å². The van der Waals surface area contributed by atoms with Gasteiger partial charge in [0.25, 0.3) is 0 Å². The summed E-state index contributed by atoms with van der Waals surface area (Å²) in [4.78, 5) is 26.4. The van der Waals surface area contributed by atoms with Crippen LogP contribution >= 0.6 is 11.6 Å². The molecular weight excluding hydrogens is 488 g/mol. The van der Waals surface area contributed by atoms with Gasteiger partial charge in [-0.15, -0.1) is 0 Å². The molecule has 2 heterocycles. The van der Waals surface area contributed by atoms with Crippen LogP contribution in [0.5, 0.6) is 5.88 Å². The third-order valence-corrected chi connectivity index (χ3v) is 6.43. The number of carboxylic acids is 1. The van der Waals surface area contributed by atoms with Crippen molar-refractivity contribution in [1.29, 1.82) is 0 Å². The first-order chi connectivity index (χ1) is 16.2. The molecule has 0 bridgehead atoms. The van der Waals surface area contributed by atoms with Gasteiger partial charge < -0.3 is 14.6 Å². The van der Waals surface area contributed by atoms with E-state index in [-0.39, 0.29) is 32.2 Å². The number of esters is 1. The van der Waals surface area contributed by atoms with Crippen molar-refractivity contribution in [2.45, 2.75) is 16.1 Å². The number of pyridine rings is 1. The summed E-state index contributed by atoms with van der Waals surface area (Å²) in [6, 6.07) is 10.4. The number of para-hydroxylation sites is 1. The Labute approximate surface area is 199 Å². The quantitative estimate of drug-likeness (QED) is 0.251. The van der Waals surface area contributed by atoms with Crippen LogP contribution in [0.1, 0.15) is 11.9 Å². The number of sulfone groups is 1. The third-order valence-electron chi connectivity index (χ3n) is 4.41. The first-order valence-corrected chi connectivity index (χ1v) is 11.4. The van der Waals surface area contributed by atoms with Crippen molar-refractivity contribution in [3.63, 3.8) is 0 Å². The van der Waals surface area contributed by atoms with E-state index in [2.05, 4.69) is 15.4 Å². The van der Waals surface area contributed by atoms with Crippen LogP contribution in [0.15, 0.2) is 70.7 Å². The maximum Gasteiger partial charge on any atom is 0.332 e. The van der Waals surface area contributed by atoms with E-state index < -0.39 is 28.0 Å². The standard InChI is InChI=1S/C21H19ClN4O7S/c1-23-21(33-20(29)10-9-19(27)28)15-11-18(26(25-15)16-6-4-3-5-14(16)22)34(30,31)13-7-8-17(32-2)24-12-13/h3-12,21,23H,1-2H3,(H,27,28)/b10-9+. The minimum absolute atomic E-state index is 0.0274. The van der Waals surface area contributed by atoms with Gasteiger partial charge in [-0.25, -0.2) is 27.7 Å². The van der Waals surface area contributed by atoms with Gasteiger partial charge in [0.05, 0.1) is 22.7 Å². The average molecular weight is 507 g/mol. The molecule has 13 heteroatoms. The third kappa shape index (κ3) is 5.42. The van der Waals surface area contributed by atoms with Crippen LogP contribution in [0.2, 0.25) is 5.02 Å². The Hall–Kier alpha value is -3.74. The number of carbonyl (C=O) groups excluding carboxylic acids is 1. The van der Waals surface area contributed by atoms with Crippen molar-refractivity contribution in [2.24, 2.45) is 0 Å². The largest absolute Gasteiger partial charge is 0.481 e. The van der Waals surface area contributed by atoms with Crippen molar-refractivity contribution < 1.29 is 32.6 Å². The van der Waals surface area contributed by atoms with Gasteiger partial charge in [0.1, 0.15) is 5.69 Å². The topological polar surface area (TPSA) is 150 Å². The maximum atomic E-state index is 13.5. The lowest BCUT2D eigenvalue weighted by molar-refractivity contribution is -0.145. The van der Waals surface area contributed by atoms with Crippen LogP contribution in [0, 0.1) is 0 Å². The lowest BCUT2D eigenvalue weighted by Crippen LogP contribution is -2.23. The van der Waals surface area contributed by atoms with Gasteiger partial charge >= 0.3 is 11.9 Å². The molecule has 0 fully saturated rings. The van der Waals surface area contributed by atoms with E-state index >= 15 is 0 Å². The number of benzene rings is 1. The van der Waals surface area contributed by atoms with Gasteiger partial charge in [-0.1, -0.05) is 23.7 Å². The molecule has 0 aliphatic rings. The fourth-order valence-corrected chi connectivity index (χ4v) is 4.36. The maximum absolute atomic E-state index is 13.5. The number of methoxy groups -OCH3 is 1. The lowest BCUT2D eigenvalue weighted by atomic mass is 10.3. The number of nitrogens with one attached hydrogen (secondary N) is 1. The fraction of sp³-hybridized carbons (Fsp3) is 0.143. The molecule has 1 unspecified atom stereocenters. The molecular formula is C21H19ClN4O7S. The summed E-state index contributed by atoms with van der Waals surface area (Å²) in [7, 11) is -1.31. The molecule has 0 aliphatic carbocycles. The number of halogens is 1. The molecule has 1 aromatic carbocycles. The summed E-state index contributed by atoms with van der Waals surface area (Å²) in [5.41, 5.74) is 0.293. The van der Waals surface area contributed by atoms with Gasteiger partial charge in [-0.05, 0) is 25.2 Å². The van der Waals surface area contributed by atoms with Crippen LogP contribution in [-0.4, -0.2) is 54.4 Å². The van der Waals surface area contributed by atoms with Crippen molar-refractivity contribution >= 4 is 33.4 Å². The molecule has 0 radical (unpaired) electrons. The second kappa shape index (κ2) is 10.5. The number of hydrogen-bond acceptors (Lipinski definition) is 9. The summed E-state index contributed by atoms with van der Waals surface area (Å²) >= 11 is 6.29. The van der Waals surface area contributed by atoms with Gasteiger partial charge in [-0.2, -0.15) is 5.10 Å². The van der Waals surface area contributed by atoms with Crippen molar-refractivity contribution in [1.82, 2.24) is 20.1 Å². The molecule has 34 heavy (non-hydrogen) atoms. The van der Waals surface area contributed by atoms with E-state index in [1.165, 1.54) is 32.4 Å². The number of carbonyl (C=O) groups is 2. The molecule has 0 saturated carbocycles. The molecule has 2 N–H and O–H groups in total. The summed E-state index contributed by atoms with van der Waals surface area (Å²) in [5, 5.41) is 15.6. The summed E-state index contributed by atoms with van der Waals surface area (Å²) in [6.45, 7) is 0. The minimum atomic E-state index is -4.17. The Morgan fingerprint density at radius 2 is 1.94 bits per heavy atom. The number of hydrogen-bond donors (Lipinski definition) is 2. The molecule has 3 aromatic rings. The van der Waals surface area contributed by atoms with Crippen LogP contribution < -0.4 is 10.1 Å². The molecule has 0 aliphatic heterocycles. The number of carboxylic acid groups (broad SMARTS) is 1. The predicted octanol–water partition coefficient (Wildman–Crippen LogP) is 2.16. The van der Waals surface area contributed by atoms with Crippen LogP contribution in [0.4, 0.5) is 0 Å². The first kappa shape index (κ1) is 24.9. The zero-order valence-electron chi connectivity index (χ0n) is 17.9. The predicted molar refractivity (Wildman–Crippen MR) is 119 cm³/mol. The van der Waals surface area contributed by atoms with Gasteiger partial charge in [0, 0.05) is 30.5 Å². The Kier molecular flexibility index (Phi) is 7.66. The number of rotatable bonds is 9. The zero-order chi connectivity index (χ0) is 24.9. The summed E-state index contributed by atoms with van der Waals surface area (Å²) in [6.07, 6.45) is 1.28. The lowest BCUT2D eigenvalue weighted by Gasteiger charge is -2.13. The first-order valence-electron chi connectivity index (χ1n) is 9.56. The fourth-order valence-electron chi connectivity index (χ4n) is 2.83. The Morgan fingerprint density at radius 1 is 1.21 bits per heavy atom. The average Bonchev–Trinajstić information content (AvgIpc) is 3.27. The molecule has 0 spiro atoms. The highest BCUT2D eigenvalue weighted by molar-refractivity contribution is 7.91. The van der Waals surface area contributed by atoms with Crippen LogP contribution in [0.3, 0.4) is 0 Å². The number of ether oxygens (including phenoxy) is 2. The minimum Gasteiger partial charge on any atom is -0.481 e. The van der Waals surface area contributed by atoms with Crippen LogP contribution in [0.25, 0.3) is 5.69 Å². The molecule has 0 amide bonds. The summed E-state index contributed by atoms with van der Waals surface area (Å²) < 4.78 is 38.2. The van der Waals surface area contributed by atoms with E-state index in [0.29, 0.717) is 6.08 Å². The Morgan fingerprint density at radius 3 is 2.53 bits per heavy atom. The second-order valence-electron chi connectivity index (χ2n) is 6.59.